The number of anilines is 1. The third kappa shape index (κ3) is 4.72. The van der Waals surface area contributed by atoms with Gasteiger partial charge in [-0.05, 0) is 31.0 Å². The molecule has 2 aliphatic heterocycles. The maximum Gasteiger partial charge on any atom is 0.419 e. The van der Waals surface area contributed by atoms with Crippen molar-refractivity contribution in [2.75, 3.05) is 63.8 Å². The Kier molecular flexibility index (Phi) is 6.20. The molecule has 1 aromatic rings. The summed E-state index contributed by atoms with van der Waals surface area (Å²) in [5, 5.41) is 0. The second kappa shape index (κ2) is 8.70. The average molecular weight is 428 g/mol. The minimum atomic E-state index is -4.71. The first-order chi connectivity index (χ1) is 14.3. The summed E-state index contributed by atoms with van der Waals surface area (Å²) in [7, 11) is 0. The van der Waals surface area contributed by atoms with Gasteiger partial charge in [0.2, 0.25) is 5.91 Å². The molecule has 1 amide bonds. The highest BCUT2D eigenvalue weighted by Crippen LogP contribution is 2.34. The normalized spacial score (nSPS) is 22.3. The Morgan fingerprint density at radius 3 is 2.20 bits per heavy atom. The zero-order valence-electron chi connectivity index (χ0n) is 17.0. The van der Waals surface area contributed by atoms with Gasteiger partial charge in [0.05, 0.1) is 12.1 Å². The number of amides is 1. The molecule has 3 aliphatic rings. The molecule has 5 nitrogen and oxygen atoms in total. The summed E-state index contributed by atoms with van der Waals surface area (Å²) in [6, 6.07) is 3.84. The van der Waals surface area contributed by atoms with E-state index in [-0.39, 0.29) is 5.91 Å². The van der Waals surface area contributed by atoms with Gasteiger partial charge in [0.15, 0.2) is 0 Å². The fraction of sp³-hybridized carbons (Fsp3) is 0.667. The number of carbonyl (C=O) groups is 1. The molecule has 4 rings (SSSR count). The van der Waals surface area contributed by atoms with Crippen molar-refractivity contribution >= 4 is 11.6 Å². The molecule has 0 N–H and O–H groups in total. The van der Waals surface area contributed by atoms with Crippen LogP contribution >= 0.6 is 0 Å². The van der Waals surface area contributed by atoms with E-state index in [0.29, 0.717) is 44.5 Å². The van der Waals surface area contributed by atoms with Gasteiger partial charge in [0.25, 0.3) is 0 Å². The standard InChI is InChI=1S/C21H28F4N4O/c22-19-5-4-17(14-18(19)21(23,24)25)28-8-6-26(7-9-28)15-20(30)29-12-10-27(11-13-29)16-2-1-3-16/h4-5,14,16H,1-3,6-13,15H2. The average Bonchev–Trinajstić information content (AvgIpc) is 2.67. The highest BCUT2D eigenvalue weighted by atomic mass is 19.4. The molecule has 1 saturated carbocycles. The number of carbonyl (C=O) groups excluding carboxylic acids is 1. The van der Waals surface area contributed by atoms with Crippen molar-refractivity contribution in [1.29, 1.82) is 0 Å². The molecule has 0 spiro atoms. The molecule has 0 bridgehead atoms. The maximum atomic E-state index is 13.5. The molecular formula is C21H28F4N4O. The van der Waals surface area contributed by atoms with Crippen LogP contribution in [0.25, 0.3) is 0 Å². The predicted octanol–water partition coefficient (Wildman–Crippen LogP) is 2.66. The summed E-state index contributed by atoms with van der Waals surface area (Å²) in [6.45, 7) is 5.95. The monoisotopic (exact) mass is 428 g/mol. The molecule has 9 heteroatoms. The van der Waals surface area contributed by atoms with Gasteiger partial charge in [-0.25, -0.2) is 4.39 Å². The third-order valence-corrected chi connectivity index (χ3v) is 6.61. The minimum absolute atomic E-state index is 0.123. The SMILES string of the molecule is O=C(CN1CCN(c2ccc(F)c(C(F)(F)F)c2)CC1)N1CCN(C2CCC2)CC1. The Bertz CT molecular complexity index is 752. The summed E-state index contributed by atoms with van der Waals surface area (Å²) in [5.74, 6) is -1.13. The molecule has 0 radical (unpaired) electrons. The smallest absolute Gasteiger partial charge is 0.369 e. The number of alkyl halides is 3. The van der Waals surface area contributed by atoms with Crippen molar-refractivity contribution in [2.24, 2.45) is 0 Å². The minimum Gasteiger partial charge on any atom is -0.369 e. The largest absolute Gasteiger partial charge is 0.419 e. The lowest BCUT2D eigenvalue weighted by molar-refractivity contribution is -0.140. The topological polar surface area (TPSA) is 30.0 Å². The Labute approximate surface area is 174 Å². The molecular weight excluding hydrogens is 400 g/mol. The second-order valence-corrected chi connectivity index (χ2v) is 8.43. The van der Waals surface area contributed by atoms with E-state index >= 15 is 0 Å². The lowest BCUT2D eigenvalue weighted by Gasteiger charge is -2.43. The lowest BCUT2D eigenvalue weighted by Crippen LogP contribution is -2.56. The highest BCUT2D eigenvalue weighted by molar-refractivity contribution is 5.78. The van der Waals surface area contributed by atoms with Crippen LogP contribution < -0.4 is 4.90 Å². The Morgan fingerprint density at radius 2 is 1.63 bits per heavy atom. The predicted molar refractivity (Wildman–Crippen MR) is 106 cm³/mol. The van der Waals surface area contributed by atoms with E-state index < -0.39 is 17.6 Å². The zero-order valence-corrected chi connectivity index (χ0v) is 17.0. The quantitative estimate of drug-likeness (QED) is 0.690. The van der Waals surface area contributed by atoms with E-state index in [0.717, 1.165) is 38.3 Å². The fourth-order valence-corrected chi connectivity index (χ4v) is 4.47. The second-order valence-electron chi connectivity index (χ2n) is 8.43. The first-order valence-electron chi connectivity index (χ1n) is 10.7. The van der Waals surface area contributed by atoms with Gasteiger partial charge in [0, 0.05) is 64.1 Å². The molecule has 3 fully saturated rings. The van der Waals surface area contributed by atoms with Crippen LogP contribution in [0, 0.1) is 5.82 Å². The molecule has 0 atom stereocenters. The van der Waals surface area contributed by atoms with E-state index in [1.807, 2.05) is 14.7 Å². The number of halogens is 4. The molecule has 2 heterocycles. The van der Waals surface area contributed by atoms with Crippen LogP contribution in [0.15, 0.2) is 18.2 Å². The summed E-state index contributed by atoms with van der Waals surface area (Å²) in [6.07, 6.45) is -0.851. The number of nitrogens with zero attached hydrogens (tertiary/aromatic N) is 4. The number of benzene rings is 1. The zero-order chi connectivity index (χ0) is 21.3. The highest BCUT2D eigenvalue weighted by Gasteiger charge is 2.35. The van der Waals surface area contributed by atoms with E-state index in [4.69, 9.17) is 0 Å². The Morgan fingerprint density at radius 1 is 0.967 bits per heavy atom. The van der Waals surface area contributed by atoms with E-state index in [1.54, 1.807) is 0 Å². The van der Waals surface area contributed by atoms with Gasteiger partial charge in [-0.15, -0.1) is 0 Å². The van der Waals surface area contributed by atoms with Crippen LogP contribution in [0.1, 0.15) is 24.8 Å². The van der Waals surface area contributed by atoms with Crippen LogP contribution in [0.4, 0.5) is 23.2 Å². The van der Waals surface area contributed by atoms with Crippen molar-refractivity contribution in [1.82, 2.24) is 14.7 Å². The van der Waals surface area contributed by atoms with Gasteiger partial charge >= 0.3 is 6.18 Å². The summed E-state index contributed by atoms with van der Waals surface area (Å²) in [5.41, 5.74) is -0.875. The molecule has 0 aromatic heterocycles. The van der Waals surface area contributed by atoms with Gasteiger partial charge in [-0.2, -0.15) is 13.2 Å². The molecule has 1 aromatic carbocycles. The third-order valence-electron chi connectivity index (χ3n) is 6.61. The van der Waals surface area contributed by atoms with Crippen molar-refractivity contribution < 1.29 is 22.4 Å². The van der Waals surface area contributed by atoms with Crippen molar-refractivity contribution in [2.45, 2.75) is 31.5 Å². The van der Waals surface area contributed by atoms with Crippen LogP contribution in [-0.4, -0.2) is 85.6 Å². The van der Waals surface area contributed by atoms with Gasteiger partial charge < -0.3 is 9.80 Å². The molecule has 166 valence electrons. The van der Waals surface area contributed by atoms with Crippen LogP contribution in [0.3, 0.4) is 0 Å². The van der Waals surface area contributed by atoms with Crippen molar-refractivity contribution in [3.63, 3.8) is 0 Å². The van der Waals surface area contributed by atoms with Crippen molar-refractivity contribution in [3.05, 3.63) is 29.6 Å². The van der Waals surface area contributed by atoms with E-state index in [1.165, 1.54) is 25.3 Å². The molecule has 1 aliphatic carbocycles. The number of piperazine rings is 2. The first-order valence-corrected chi connectivity index (χ1v) is 10.7. The van der Waals surface area contributed by atoms with Gasteiger partial charge in [0.1, 0.15) is 5.82 Å². The number of rotatable bonds is 4. The fourth-order valence-electron chi connectivity index (χ4n) is 4.47. The van der Waals surface area contributed by atoms with Gasteiger partial charge in [-0.3, -0.25) is 14.6 Å². The maximum absolute atomic E-state index is 13.5. The number of hydrogen-bond donors (Lipinski definition) is 0. The van der Waals surface area contributed by atoms with Crippen LogP contribution in [-0.2, 0) is 11.0 Å². The molecule has 0 unspecified atom stereocenters. The molecule has 2 saturated heterocycles. The van der Waals surface area contributed by atoms with Gasteiger partial charge in [-0.1, -0.05) is 6.42 Å². The first kappa shape index (κ1) is 21.4. The van der Waals surface area contributed by atoms with Crippen LogP contribution in [0.5, 0.6) is 0 Å². The number of hydrogen-bond acceptors (Lipinski definition) is 4. The van der Waals surface area contributed by atoms with E-state index in [9.17, 15) is 22.4 Å². The van der Waals surface area contributed by atoms with Crippen LogP contribution in [0.2, 0.25) is 0 Å². The summed E-state index contributed by atoms with van der Waals surface area (Å²) >= 11 is 0. The summed E-state index contributed by atoms with van der Waals surface area (Å²) in [4.78, 5) is 20.9. The Balaban J connectivity index is 1.25. The van der Waals surface area contributed by atoms with Crippen molar-refractivity contribution in [3.8, 4) is 0 Å². The molecule has 30 heavy (non-hydrogen) atoms. The summed E-state index contributed by atoms with van der Waals surface area (Å²) < 4.78 is 52.4. The lowest BCUT2D eigenvalue weighted by atomic mass is 9.91. The van der Waals surface area contributed by atoms with E-state index in [2.05, 4.69) is 4.90 Å². The Hall–Kier alpha value is -1.87.